The maximum Gasteiger partial charge on any atom is 0.272 e. The quantitative estimate of drug-likeness (QED) is 0.415. The van der Waals surface area contributed by atoms with E-state index in [9.17, 15) is 19.2 Å². The van der Waals surface area contributed by atoms with Gasteiger partial charge in [0.1, 0.15) is 17.6 Å². The number of hydrazine groups is 1. The van der Waals surface area contributed by atoms with Crippen LogP contribution in [0.25, 0.3) is 11.5 Å². The van der Waals surface area contributed by atoms with Crippen molar-refractivity contribution in [1.82, 2.24) is 30.3 Å². The lowest BCUT2D eigenvalue weighted by Crippen LogP contribution is -2.48. The molecule has 2 aliphatic heterocycles. The molecule has 0 bridgehead atoms. The first-order chi connectivity index (χ1) is 20.8. The standard InChI is InChI=1S/C31H33N7O5/c1-36-25(14-23(34-36)24-13-22(35-43-24)18-8-9-18)32-26(39)12-21(17-6-7-17)28(40)33-27-19-4-2-3-5-20(19)29(41)37-15-31(10-11-31)16-38(37)30(27)42/h2-5,13-14,17-18,21,27H,6-12,15-16H2,1H3,(H,32,39)(H,33,40)/t21-,27-/m0/s1. The molecular formula is C31H33N7O5. The van der Waals surface area contributed by atoms with Crippen LogP contribution in [0.3, 0.4) is 0 Å². The minimum absolute atomic E-state index is 0.0284. The van der Waals surface area contributed by atoms with Crippen molar-refractivity contribution in [3.63, 3.8) is 0 Å². The van der Waals surface area contributed by atoms with Gasteiger partial charge in [0.15, 0.2) is 5.76 Å². The van der Waals surface area contributed by atoms with Crippen LogP contribution in [0.2, 0.25) is 0 Å². The summed E-state index contributed by atoms with van der Waals surface area (Å²) in [4.78, 5) is 54.4. The van der Waals surface area contributed by atoms with E-state index in [1.165, 1.54) is 5.01 Å². The van der Waals surface area contributed by atoms with Gasteiger partial charge in [-0.1, -0.05) is 23.4 Å². The molecule has 0 unspecified atom stereocenters. The van der Waals surface area contributed by atoms with Gasteiger partial charge in [0.05, 0.1) is 18.8 Å². The number of hydrogen-bond acceptors (Lipinski definition) is 7. The summed E-state index contributed by atoms with van der Waals surface area (Å²) in [6.45, 7) is 1.00. The number of carbonyl (C=O) groups excluding carboxylic acids is 4. The summed E-state index contributed by atoms with van der Waals surface area (Å²) in [7, 11) is 1.73. The van der Waals surface area contributed by atoms with E-state index in [0.29, 0.717) is 47.4 Å². The molecule has 0 radical (unpaired) electrons. The normalized spacial score (nSPS) is 22.7. The summed E-state index contributed by atoms with van der Waals surface area (Å²) < 4.78 is 7.04. The van der Waals surface area contributed by atoms with Gasteiger partial charge >= 0.3 is 0 Å². The Bertz CT molecular complexity index is 1660. The van der Waals surface area contributed by atoms with Gasteiger partial charge in [0, 0.05) is 48.4 Å². The summed E-state index contributed by atoms with van der Waals surface area (Å²) in [6, 6.07) is 9.61. The van der Waals surface area contributed by atoms with E-state index in [2.05, 4.69) is 20.9 Å². The van der Waals surface area contributed by atoms with Gasteiger partial charge in [0.2, 0.25) is 11.8 Å². The molecule has 2 atom stereocenters. The molecule has 12 heteroatoms. The zero-order valence-electron chi connectivity index (χ0n) is 23.9. The predicted octanol–water partition coefficient (Wildman–Crippen LogP) is 3.16. The van der Waals surface area contributed by atoms with E-state index >= 15 is 0 Å². The Kier molecular flexibility index (Phi) is 5.79. The van der Waals surface area contributed by atoms with E-state index in [1.54, 1.807) is 47.1 Å². The second-order valence-electron chi connectivity index (χ2n) is 12.9. The van der Waals surface area contributed by atoms with Crippen LogP contribution in [0.4, 0.5) is 5.82 Å². The van der Waals surface area contributed by atoms with Crippen molar-refractivity contribution >= 4 is 29.4 Å². The molecule has 1 aromatic carbocycles. The molecule has 8 rings (SSSR count). The van der Waals surface area contributed by atoms with Crippen LogP contribution in [0.1, 0.15) is 78.5 Å². The van der Waals surface area contributed by atoms with Gasteiger partial charge in [-0.15, -0.1) is 0 Å². The van der Waals surface area contributed by atoms with Crippen LogP contribution in [-0.4, -0.2) is 61.7 Å². The minimum Gasteiger partial charge on any atom is -0.354 e. The Hall–Kier alpha value is -4.48. The number of nitrogens with one attached hydrogen (secondary N) is 2. The number of fused-ring (bicyclic) bond motifs is 2. The Morgan fingerprint density at radius 3 is 2.58 bits per heavy atom. The van der Waals surface area contributed by atoms with E-state index < -0.39 is 12.0 Å². The summed E-state index contributed by atoms with van der Waals surface area (Å²) in [5, 5.41) is 17.5. The number of carbonyl (C=O) groups is 4. The van der Waals surface area contributed by atoms with Crippen LogP contribution in [0.5, 0.6) is 0 Å². The predicted molar refractivity (Wildman–Crippen MR) is 152 cm³/mol. The third-order valence-electron chi connectivity index (χ3n) is 9.60. The summed E-state index contributed by atoms with van der Waals surface area (Å²) in [5.41, 5.74) is 2.37. The average Bonchev–Trinajstić information content (AvgIpc) is 3.95. The largest absolute Gasteiger partial charge is 0.354 e. The summed E-state index contributed by atoms with van der Waals surface area (Å²) in [5.74, 6) is -0.268. The highest BCUT2D eigenvalue weighted by Crippen LogP contribution is 2.52. The van der Waals surface area contributed by atoms with Crippen molar-refractivity contribution in [2.24, 2.45) is 24.3 Å². The lowest BCUT2D eigenvalue weighted by Gasteiger charge is -2.28. The molecule has 3 aromatic rings. The third-order valence-corrected chi connectivity index (χ3v) is 9.60. The molecule has 2 aromatic heterocycles. The fraction of sp³-hybridized carbons (Fsp3) is 0.484. The summed E-state index contributed by atoms with van der Waals surface area (Å²) >= 11 is 0. The second-order valence-corrected chi connectivity index (χ2v) is 12.9. The zero-order chi connectivity index (χ0) is 29.5. The van der Waals surface area contributed by atoms with Gasteiger partial charge < -0.3 is 15.2 Å². The number of benzene rings is 1. The van der Waals surface area contributed by atoms with Crippen molar-refractivity contribution < 1.29 is 23.7 Å². The number of hydrogen-bond donors (Lipinski definition) is 2. The van der Waals surface area contributed by atoms with Crippen LogP contribution in [0.15, 0.2) is 40.9 Å². The Morgan fingerprint density at radius 2 is 1.84 bits per heavy atom. The number of aromatic nitrogens is 3. The molecule has 3 saturated carbocycles. The average molecular weight is 584 g/mol. The highest BCUT2D eigenvalue weighted by Gasteiger charge is 2.56. The highest BCUT2D eigenvalue weighted by atomic mass is 16.5. The smallest absolute Gasteiger partial charge is 0.272 e. The van der Waals surface area contributed by atoms with Crippen LogP contribution >= 0.6 is 0 Å². The molecule has 12 nitrogen and oxygen atoms in total. The molecular weight excluding hydrogens is 550 g/mol. The molecule has 1 saturated heterocycles. The van der Waals surface area contributed by atoms with E-state index in [-0.39, 0.29) is 41.4 Å². The first-order valence-corrected chi connectivity index (χ1v) is 15.1. The van der Waals surface area contributed by atoms with Crippen LogP contribution < -0.4 is 10.6 Å². The van der Waals surface area contributed by atoms with E-state index in [1.807, 2.05) is 6.07 Å². The third kappa shape index (κ3) is 4.68. The number of rotatable bonds is 8. The first-order valence-electron chi connectivity index (χ1n) is 15.1. The van der Waals surface area contributed by atoms with Crippen molar-refractivity contribution in [1.29, 1.82) is 0 Å². The fourth-order valence-electron chi connectivity index (χ4n) is 6.53. The molecule has 5 aliphatic rings. The van der Waals surface area contributed by atoms with Crippen LogP contribution in [-0.2, 0) is 21.4 Å². The van der Waals surface area contributed by atoms with Crippen molar-refractivity contribution in [2.75, 3.05) is 18.4 Å². The molecule has 4 amide bonds. The molecule has 1 spiro atoms. The highest BCUT2D eigenvalue weighted by molar-refractivity contribution is 6.03. The maximum atomic E-state index is 13.9. The summed E-state index contributed by atoms with van der Waals surface area (Å²) in [6.07, 6.45) is 5.83. The molecule has 222 valence electrons. The lowest BCUT2D eigenvalue weighted by atomic mass is 9.95. The maximum absolute atomic E-state index is 13.9. The minimum atomic E-state index is -1.00. The van der Waals surface area contributed by atoms with E-state index in [4.69, 9.17) is 4.52 Å². The topological polar surface area (TPSA) is 143 Å². The molecule has 4 fully saturated rings. The number of nitrogens with zero attached hydrogens (tertiary/aromatic N) is 5. The SMILES string of the molecule is Cn1nc(-c2cc(C3CC3)no2)cc1NC(=O)C[C@H](C(=O)N[C@@H]1C(=O)N2CC3(CC3)CN2C(=O)c2ccccc21)C1CC1. The van der Waals surface area contributed by atoms with Gasteiger partial charge in [-0.25, -0.2) is 10.0 Å². The Morgan fingerprint density at radius 1 is 1.07 bits per heavy atom. The lowest BCUT2D eigenvalue weighted by molar-refractivity contribution is -0.145. The van der Waals surface area contributed by atoms with Gasteiger partial charge in [-0.2, -0.15) is 5.10 Å². The van der Waals surface area contributed by atoms with Crippen molar-refractivity contribution in [2.45, 2.75) is 56.9 Å². The monoisotopic (exact) mass is 583 g/mol. The second kappa shape index (κ2) is 9.51. The van der Waals surface area contributed by atoms with Crippen molar-refractivity contribution in [3.05, 3.63) is 53.2 Å². The van der Waals surface area contributed by atoms with Crippen LogP contribution in [0, 0.1) is 17.3 Å². The fourth-order valence-corrected chi connectivity index (χ4v) is 6.53. The molecule has 2 N–H and O–H groups in total. The zero-order valence-corrected chi connectivity index (χ0v) is 23.9. The number of amides is 4. The van der Waals surface area contributed by atoms with Gasteiger partial charge in [-0.05, 0) is 56.1 Å². The Labute approximate surface area is 247 Å². The Balaban J connectivity index is 0.989. The number of anilines is 1. The van der Waals surface area contributed by atoms with Crippen molar-refractivity contribution in [3.8, 4) is 11.5 Å². The number of aryl methyl sites for hydroxylation is 1. The molecule has 43 heavy (non-hydrogen) atoms. The molecule has 4 heterocycles. The van der Waals surface area contributed by atoms with Gasteiger partial charge in [-0.3, -0.25) is 23.9 Å². The van der Waals surface area contributed by atoms with E-state index in [0.717, 1.165) is 44.2 Å². The van der Waals surface area contributed by atoms with Gasteiger partial charge in [0.25, 0.3) is 11.8 Å². The molecule has 3 aliphatic carbocycles. The first kappa shape index (κ1) is 26.2.